The van der Waals surface area contributed by atoms with Crippen LogP contribution in [0.25, 0.3) is 0 Å². The molecule has 7 nitrogen and oxygen atoms in total. The number of hydrogen-bond acceptors (Lipinski definition) is 7. The molecule has 0 saturated carbocycles. The van der Waals surface area contributed by atoms with Crippen LogP contribution in [0, 0.1) is 0 Å². The third kappa shape index (κ3) is 2.33. The molecule has 3 aromatic rings. The number of carbonyl (C=O) groups is 1. The lowest BCUT2D eigenvalue weighted by Gasteiger charge is -2.34. The average Bonchev–Trinajstić information content (AvgIpc) is 3.29. The summed E-state index contributed by atoms with van der Waals surface area (Å²) in [5, 5.41) is 9.66. The number of fused-ring (bicyclic) bond motifs is 1. The van der Waals surface area contributed by atoms with Gasteiger partial charge in [0.2, 0.25) is 11.9 Å². The van der Waals surface area contributed by atoms with E-state index < -0.39 is 0 Å². The number of pyridine rings is 1. The minimum absolute atomic E-state index is 0.130. The molecule has 0 unspecified atom stereocenters. The van der Waals surface area contributed by atoms with Crippen molar-refractivity contribution in [2.75, 3.05) is 11.1 Å². The van der Waals surface area contributed by atoms with E-state index >= 15 is 0 Å². The van der Waals surface area contributed by atoms with E-state index in [0.29, 0.717) is 12.4 Å². The first kappa shape index (κ1) is 15.3. The lowest BCUT2D eigenvalue weighted by atomic mass is 9.80. The maximum atomic E-state index is 13.1. The van der Waals surface area contributed by atoms with Gasteiger partial charge < -0.3 is 11.1 Å². The number of allylic oxidation sites excluding steroid dienone is 2. The summed E-state index contributed by atoms with van der Waals surface area (Å²) >= 11 is 1.69. The van der Waals surface area contributed by atoms with Crippen LogP contribution >= 0.6 is 11.3 Å². The second-order valence-electron chi connectivity index (χ2n) is 6.49. The lowest BCUT2D eigenvalue weighted by molar-refractivity contribution is -0.116. The normalized spacial score (nSPS) is 21.9. The van der Waals surface area contributed by atoms with Crippen molar-refractivity contribution in [3.8, 4) is 0 Å². The number of nitrogens with two attached hydrogens (primary N) is 1. The van der Waals surface area contributed by atoms with Crippen LogP contribution in [-0.4, -0.2) is 25.5 Å². The van der Waals surface area contributed by atoms with Gasteiger partial charge in [0.25, 0.3) is 0 Å². The van der Waals surface area contributed by atoms with Gasteiger partial charge in [-0.1, -0.05) is 12.1 Å². The monoisotopic (exact) mass is 364 g/mol. The van der Waals surface area contributed by atoms with E-state index in [1.165, 1.54) is 4.88 Å². The smallest absolute Gasteiger partial charge is 0.241 e. The molecular weight excluding hydrogens is 348 g/mol. The van der Waals surface area contributed by atoms with Crippen LogP contribution in [0.1, 0.15) is 35.2 Å². The highest BCUT2D eigenvalue weighted by Crippen LogP contribution is 2.44. The van der Waals surface area contributed by atoms with Gasteiger partial charge >= 0.3 is 0 Å². The Balaban J connectivity index is 1.64. The number of nitrogens with one attached hydrogen (secondary N) is 1. The van der Waals surface area contributed by atoms with Crippen molar-refractivity contribution in [3.63, 3.8) is 0 Å². The average molecular weight is 364 g/mol. The fraction of sp³-hybridized carbons (Fsp3) is 0.222. The van der Waals surface area contributed by atoms with Crippen LogP contribution < -0.4 is 11.1 Å². The summed E-state index contributed by atoms with van der Waals surface area (Å²) in [7, 11) is 0. The number of rotatable bonds is 2. The molecule has 0 amide bonds. The van der Waals surface area contributed by atoms with Crippen molar-refractivity contribution >= 4 is 29.0 Å². The Hall–Kier alpha value is -3.00. The van der Waals surface area contributed by atoms with Crippen LogP contribution in [0.3, 0.4) is 0 Å². The molecule has 2 atom stereocenters. The SMILES string of the molecule is Nc1nc2n(n1)[C@H](c1cccnc1)C1=C(C[C@@H](c3cccs3)CC1=O)N2. The first-order valence-corrected chi connectivity index (χ1v) is 9.27. The lowest BCUT2D eigenvalue weighted by Crippen LogP contribution is -2.33. The molecule has 0 fully saturated rings. The van der Waals surface area contributed by atoms with Crippen molar-refractivity contribution < 1.29 is 4.79 Å². The Morgan fingerprint density at radius 1 is 1.27 bits per heavy atom. The summed E-state index contributed by atoms with van der Waals surface area (Å²) in [6, 6.07) is 7.58. The van der Waals surface area contributed by atoms with Crippen molar-refractivity contribution in [2.24, 2.45) is 0 Å². The van der Waals surface area contributed by atoms with Gasteiger partial charge in [-0.25, -0.2) is 4.68 Å². The molecule has 3 N–H and O–H groups in total. The molecule has 1 aliphatic carbocycles. The minimum Gasteiger partial charge on any atom is -0.366 e. The van der Waals surface area contributed by atoms with Gasteiger partial charge in [-0.2, -0.15) is 4.98 Å². The summed E-state index contributed by atoms with van der Waals surface area (Å²) in [5.74, 6) is 1.07. The van der Waals surface area contributed by atoms with E-state index in [1.807, 2.05) is 23.6 Å². The van der Waals surface area contributed by atoms with E-state index in [0.717, 1.165) is 23.3 Å². The molecule has 0 saturated heterocycles. The summed E-state index contributed by atoms with van der Waals surface area (Å²) < 4.78 is 1.69. The standard InChI is InChI=1S/C18H16N6OS/c19-17-22-18-21-12-7-11(14-4-2-6-26-14)8-13(25)15(12)16(24(18)23-17)10-3-1-5-20-9-10/h1-6,9,11,16H,7-8H2,(H3,19,21,22,23)/t11-,16-/m1/s1. The second kappa shape index (κ2) is 5.77. The van der Waals surface area contributed by atoms with Crippen molar-refractivity contribution in [1.82, 2.24) is 19.7 Å². The fourth-order valence-corrected chi connectivity index (χ4v) is 4.63. The van der Waals surface area contributed by atoms with Crippen LogP contribution in [0.5, 0.6) is 0 Å². The zero-order chi connectivity index (χ0) is 17.7. The molecule has 2 aliphatic rings. The minimum atomic E-state index is -0.350. The number of ketones is 1. The highest BCUT2D eigenvalue weighted by molar-refractivity contribution is 7.10. The van der Waals surface area contributed by atoms with Crippen LogP contribution in [0.15, 0.2) is 53.3 Å². The quantitative estimate of drug-likeness (QED) is 0.725. The number of anilines is 2. The Labute approximate surface area is 153 Å². The van der Waals surface area contributed by atoms with Gasteiger partial charge in [-0.15, -0.1) is 16.4 Å². The van der Waals surface area contributed by atoms with Gasteiger partial charge in [0.1, 0.15) is 6.04 Å². The highest BCUT2D eigenvalue weighted by Gasteiger charge is 2.39. The summed E-state index contributed by atoms with van der Waals surface area (Å²) in [6.07, 6.45) is 4.75. The maximum Gasteiger partial charge on any atom is 0.241 e. The molecule has 4 heterocycles. The third-order valence-corrected chi connectivity index (χ3v) is 5.92. The van der Waals surface area contributed by atoms with Gasteiger partial charge in [0, 0.05) is 40.9 Å². The summed E-state index contributed by atoms with van der Waals surface area (Å²) in [5.41, 5.74) is 8.38. The number of aromatic nitrogens is 4. The Morgan fingerprint density at radius 2 is 2.19 bits per heavy atom. The van der Waals surface area contributed by atoms with Crippen molar-refractivity contribution in [3.05, 3.63) is 63.7 Å². The van der Waals surface area contributed by atoms with E-state index in [4.69, 9.17) is 5.73 Å². The molecular formula is C18H16N6OS. The van der Waals surface area contributed by atoms with E-state index in [-0.39, 0.29) is 23.7 Å². The Morgan fingerprint density at radius 3 is 2.96 bits per heavy atom. The van der Waals surface area contributed by atoms with E-state index in [9.17, 15) is 4.79 Å². The number of hydrogen-bond donors (Lipinski definition) is 2. The Kier molecular flexibility index (Phi) is 3.39. The molecule has 0 radical (unpaired) electrons. The molecule has 8 heteroatoms. The number of thiophene rings is 1. The largest absolute Gasteiger partial charge is 0.366 e. The Bertz CT molecular complexity index is 1010. The van der Waals surface area contributed by atoms with Gasteiger partial charge in [0.15, 0.2) is 5.78 Å². The third-order valence-electron chi connectivity index (χ3n) is 4.88. The molecule has 0 aromatic carbocycles. The number of carbonyl (C=O) groups excluding carboxylic acids is 1. The van der Waals surface area contributed by atoms with E-state index in [2.05, 4.69) is 26.4 Å². The summed E-state index contributed by atoms with van der Waals surface area (Å²) in [4.78, 5) is 22.9. The highest BCUT2D eigenvalue weighted by atomic mass is 32.1. The zero-order valence-corrected chi connectivity index (χ0v) is 14.6. The van der Waals surface area contributed by atoms with Crippen molar-refractivity contribution in [1.29, 1.82) is 0 Å². The fourth-order valence-electron chi connectivity index (χ4n) is 3.80. The van der Waals surface area contributed by atoms with Gasteiger partial charge in [0.05, 0.1) is 0 Å². The number of Topliss-reactive ketones (excluding diaryl/α,β-unsaturated/α-hetero) is 1. The van der Waals surface area contributed by atoms with Crippen LogP contribution in [0.2, 0.25) is 0 Å². The molecule has 5 rings (SSSR count). The predicted molar refractivity (Wildman–Crippen MR) is 98.8 cm³/mol. The second-order valence-corrected chi connectivity index (χ2v) is 7.47. The van der Waals surface area contributed by atoms with E-state index in [1.54, 1.807) is 28.4 Å². The summed E-state index contributed by atoms with van der Waals surface area (Å²) in [6.45, 7) is 0. The topological polar surface area (TPSA) is 98.7 Å². The molecule has 26 heavy (non-hydrogen) atoms. The molecule has 3 aromatic heterocycles. The molecule has 0 bridgehead atoms. The predicted octanol–water partition coefficient (Wildman–Crippen LogP) is 2.73. The first-order valence-electron chi connectivity index (χ1n) is 8.39. The number of nitrogen functional groups attached to an aromatic ring is 1. The molecule has 1 aliphatic heterocycles. The maximum absolute atomic E-state index is 13.1. The van der Waals surface area contributed by atoms with Gasteiger partial charge in [-0.3, -0.25) is 9.78 Å². The number of nitrogens with zero attached hydrogens (tertiary/aromatic N) is 4. The molecule has 0 spiro atoms. The molecule has 130 valence electrons. The zero-order valence-electron chi connectivity index (χ0n) is 13.8. The van der Waals surface area contributed by atoms with Crippen molar-refractivity contribution in [2.45, 2.75) is 24.8 Å². The van der Waals surface area contributed by atoms with Crippen LogP contribution in [-0.2, 0) is 4.79 Å². The van der Waals surface area contributed by atoms with Crippen LogP contribution in [0.4, 0.5) is 11.9 Å². The first-order chi connectivity index (χ1) is 12.7. The van der Waals surface area contributed by atoms with Gasteiger partial charge in [-0.05, 0) is 29.5 Å².